The molecule has 1 fully saturated rings. The molecule has 1 atom stereocenters. The summed E-state index contributed by atoms with van der Waals surface area (Å²) in [6.45, 7) is 6.95. The molecule has 1 heterocycles. The first kappa shape index (κ1) is 16.1. The summed E-state index contributed by atoms with van der Waals surface area (Å²) in [5.74, 6) is 0.900. The van der Waals surface area contributed by atoms with Gasteiger partial charge in [0.25, 0.3) is 0 Å². The molecule has 1 aliphatic rings. The lowest BCUT2D eigenvalue weighted by atomic mass is 10.0. The van der Waals surface area contributed by atoms with Crippen molar-refractivity contribution in [3.05, 3.63) is 24.3 Å². The van der Waals surface area contributed by atoms with Crippen molar-refractivity contribution in [2.75, 3.05) is 51.3 Å². The van der Waals surface area contributed by atoms with Crippen molar-refractivity contribution in [3.63, 3.8) is 0 Å². The number of benzene rings is 1. The van der Waals surface area contributed by atoms with Crippen LogP contribution < -0.4 is 15.4 Å². The van der Waals surface area contributed by atoms with Gasteiger partial charge in [-0.1, -0.05) is 6.07 Å². The third-order valence-corrected chi connectivity index (χ3v) is 4.15. The van der Waals surface area contributed by atoms with Crippen molar-refractivity contribution in [2.45, 2.75) is 18.9 Å². The predicted octanol–water partition coefficient (Wildman–Crippen LogP) is 0.917. The van der Waals surface area contributed by atoms with Crippen molar-refractivity contribution >= 4 is 5.69 Å². The summed E-state index contributed by atoms with van der Waals surface area (Å²) in [6, 6.07) is 8.21. The normalized spacial score (nSPS) is 19.3. The van der Waals surface area contributed by atoms with E-state index in [1.165, 1.54) is 5.69 Å². The van der Waals surface area contributed by atoms with Crippen LogP contribution in [0, 0.1) is 0 Å². The van der Waals surface area contributed by atoms with E-state index >= 15 is 0 Å². The van der Waals surface area contributed by atoms with Crippen LogP contribution in [0.25, 0.3) is 0 Å². The standard InChI is InChI=1S/C16H27N3O2/c1-16(17,13-20)6-7-18-8-10-19(11-9-18)14-4-3-5-15(12-14)21-2/h3-5,12,20H,6-11,13,17H2,1-2H3. The highest BCUT2D eigenvalue weighted by Crippen LogP contribution is 2.22. The summed E-state index contributed by atoms with van der Waals surface area (Å²) in [5.41, 5.74) is 6.73. The summed E-state index contributed by atoms with van der Waals surface area (Å²) in [4.78, 5) is 4.80. The molecule has 21 heavy (non-hydrogen) atoms. The topological polar surface area (TPSA) is 62.0 Å². The van der Waals surface area contributed by atoms with Crippen LogP contribution in [0.2, 0.25) is 0 Å². The quantitative estimate of drug-likeness (QED) is 0.816. The molecule has 118 valence electrons. The number of aliphatic hydroxyl groups excluding tert-OH is 1. The average molecular weight is 293 g/mol. The monoisotopic (exact) mass is 293 g/mol. The minimum absolute atomic E-state index is 0.0385. The van der Waals surface area contributed by atoms with Crippen LogP contribution in [0.3, 0.4) is 0 Å². The highest BCUT2D eigenvalue weighted by Gasteiger charge is 2.21. The van der Waals surface area contributed by atoms with E-state index in [0.29, 0.717) is 0 Å². The zero-order valence-corrected chi connectivity index (χ0v) is 13.1. The number of nitrogens with two attached hydrogens (primary N) is 1. The van der Waals surface area contributed by atoms with E-state index in [-0.39, 0.29) is 6.61 Å². The third-order valence-electron chi connectivity index (χ3n) is 4.15. The van der Waals surface area contributed by atoms with Crippen LogP contribution in [-0.4, -0.2) is 62.0 Å². The largest absolute Gasteiger partial charge is 0.497 e. The molecule has 0 saturated carbocycles. The number of methoxy groups -OCH3 is 1. The van der Waals surface area contributed by atoms with Gasteiger partial charge in [0.15, 0.2) is 0 Å². The van der Waals surface area contributed by atoms with Crippen molar-refractivity contribution in [1.82, 2.24) is 4.90 Å². The fourth-order valence-corrected chi connectivity index (χ4v) is 2.53. The first-order chi connectivity index (χ1) is 10.0. The van der Waals surface area contributed by atoms with E-state index in [4.69, 9.17) is 10.5 Å². The van der Waals surface area contributed by atoms with Gasteiger partial charge in [-0.3, -0.25) is 4.90 Å². The molecule has 0 amide bonds. The van der Waals surface area contributed by atoms with Gasteiger partial charge >= 0.3 is 0 Å². The summed E-state index contributed by atoms with van der Waals surface area (Å²) < 4.78 is 5.28. The Bertz CT molecular complexity index is 443. The van der Waals surface area contributed by atoms with Crippen LogP contribution in [0.5, 0.6) is 5.75 Å². The number of nitrogens with zero attached hydrogens (tertiary/aromatic N) is 2. The van der Waals surface area contributed by atoms with Crippen LogP contribution in [0.4, 0.5) is 5.69 Å². The molecule has 0 bridgehead atoms. The Labute approximate surface area is 127 Å². The molecule has 0 aromatic heterocycles. The first-order valence-electron chi connectivity index (χ1n) is 7.55. The highest BCUT2D eigenvalue weighted by atomic mass is 16.5. The molecule has 0 radical (unpaired) electrons. The Hall–Kier alpha value is -1.30. The second-order valence-electron chi connectivity index (χ2n) is 6.09. The number of aliphatic hydroxyl groups is 1. The Balaban J connectivity index is 1.82. The SMILES string of the molecule is COc1cccc(N2CCN(CCC(C)(N)CO)CC2)c1. The molecule has 5 heteroatoms. The van der Waals surface area contributed by atoms with Crippen molar-refractivity contribution in [2.24, 2.45) is 5.73 Å². The number of rotatable bonds is 6. The molecule has 1 aliphatic heterocycles. The van der Waals surface area contributed by atoms with Crippen LogP contribution in [0.1, 0.15) is 13.3 Å². The van der Waals surface area contributed by atoms with Gasteiger partial charge in [0.2, 0.25) is 0 Å². The lowest BCUT2D eigenvalue weighted by Crippen LogP contribution is -2.49. The predicted molar refractivity (Wildman–Crippen MR) is 85.9 cm³/mol. The lowest BCUT2D eigenvalue weighted by Gasteiger charge is -2.37. The van der Waals surface area contributed by atoms with E-state index in [1.807, 2.05) is 19.1 Å². The number of anilines is 1. The molecule has 1 unspecified atom stereocenters. The molecule has 0 spiro atoms. The third kappa shape index (κ3) is 4.59. The molecule has 1 aromatic rings. The number of piperazine rings is 1. The minimum Gasteiger partial charge on any atom is -0.497 e. The summed E-state index contributed by atoms with van der Waals surface area (Å²) in [7, 11) is 1.70. The van der Waals surface area contributed by atoms with Crippen LogP contribution in [-0.2, 0) is 0 Å². The van der Waals surface area contributed by atoms with Gasteiger partial charge in [-0.15, -0.1) is 0 Å². The van der Waals surface area contributed by atoms with E-state index in [9.17, 15) is 5.11 Å². The maximum Gasteiger partial charge on any atom is 0.120 e. The maximum atomic E-state index is 9.20. The van der Waals surface area contributed by atoms with Gasteiger partial charge in [-0.05, 0) is 25.5 Å². The Morgan fingerprint density at radius 3 is 2.62 bits per heavy atom. The summed E-state index contributed by atoms with van der Waals surface area (Å²) in [6.07, 6.45) is 0.822. The molecule has 2 rings (SSSR count). The molecule has 1 saturated heterocycles. The summed E-state index contributed by atoms with van der Waals surface area (Å²) in [5, 5.41) is 9.20. The van der Waals surface area contributed by atoms with Gasteiger partial charge in [0.05, 0.1) is 13.7 Å². The van der Waals surface area contributed by atoms with Gasteiger partial charge in [0, 0.05) is 50.0 Å². The first-order valence-corrected chi connectivity index (χ1v) is 7.55. The van der Waals surface area contributed by atoms with E-state index in [0.717, 1.165) is 44.9 Å². The van der Waals surface area contributed by atoms with Crippen molar-refractivity contribution in [3.8, 4) is 5.75 Å². The Morgan fingerprint density at radius 2 is 2.00 bits per heavy atom. The molecule has 0 aliphatic carbocycles. The van der Waals surface area contributed by atoms with Crippen LogP contribution in [0.15, 0.2) is 24.3 Å². The second kappa shape index (κ2) is 7.11. The lowest BCUT2D eigenvalue weighted by molar-refractivity contribution is 0.171. The van der Waals surface area contributed by atoms with Crippen molar-refractivity contribution in [1.29, 1.82) is 0 Å². The maximum absolute atomic E-state index is 9.20. The van der Waals surface area contributed by atoms with E-state index in [2.05, 4.69) is 21.9 Å². The smallest absolute Gasteiger partial charge is 0.120 e. The van der Waals surface area contributed by atoms with Crippen LogP contribution >= 0.6 is 0 Å². The zero-order chi connectivity index (χ0) is 15.3. The Kier molecular flexibility index (Phi) is 5.45. The Morgan fingerprint density at radius 1 is 1.29 bits per heavy atom. The molecular weight excluding hydrogens is 266 g/mol. The fourth-order valence-electron chi connectivity index (χ4n) is 2.53. The van der Waals surface area contributed by atoms with Crippen molar-refractivity contribution < 1.29 is 9.84 Å². The zero-order valence-electron chi connectivity index (χ0n) is 13.1. The highest BCUT2D eigenvalue weighted by molar-refractivity contribution is 5.51. The second-order valence-corrected chi connectivity index (χ2v) is 6.09. The number of ether oxygens (including phenoxy) is 1. The number of hydrogen-bond acceptors (Lipinski definition) is 5. The average Bonchev–Trinajstić information content (AvgIpc) is 2.53. The molecule has 3 N–H and O–H groups in total. The van der Waals surface area contributed by atoms with Gasteiger partial charge in [-0.25, -0.2) is 0 Å². The van der Waals surface area contributed by atoms with E-state index < -0.39 is 5.54 Å². The molecule has 1 aromatic carbocycles. The van der Waals surface area contributed by atoms with Gasteiger partial charge in [-0.2, -0.15) is 0 Å². The molecule has 5 nitrogen and oxygen atoms in total. The number of hydrogen-bond donors (Lipinski definition) is 2. The summed E-state index contributed by atoms with van der Waals surface area (Å²) >= 11 is 0. The molecular formula is C16H27N3O2. The van der Waals surface area contributed by atoms with Gasteiger partial charge < -0.3 is 20.5 Å². The van der Waals surface area contributed by atoms with E-state index in [1.54, 1.807) is 7.11 Å². The van der Waals surface area contributed by atoms with Gasteiger partial charge in [0.1, 0.15) is 5.75 Å². The fraction of sp³-hybridized carbons (Fsp3) is 0.625. The minimum atomic E-state index is -0.468.